The molecule has 35 heavy (non-hydrogen) atoms. The van der Waals surface area contributed by atoms with Crippen molar-refractivity contribution in [3.8, 4) is 16.2 Å². The normalized spacial score (nSPS) is 17.3. The van der Waals surface area contributed by atoms with Gasteiger partial charge < -0.3 is 5.11 Å². The van der Waals surface area contributed by atoms with Gasteiger partial charge in [-0.1, -0.05) is 100 Å². The van der Waals surface area contributed by atoms with Crippen LogP contribution in [-0.2, 0) is 6.42 Å². The van der Waals surface area contributed by atoms with Gasteiger partial charge in [0.2, 0.25) is 0 Å². The average Bonchev–Trinajstić information content (AvgIpc) is 2.89. The van der Waals surface area contributed by atoms with Gasteiger partial charge in [0.1, 0.15) is 0 Å². The molecule has 0 spiro atoms. The molecule has 1 N–H and O–H groups in total. The van der Waals surface area contributed by atoms with E-state index in [0.717, 1.165) is 27.6 Å². The van der Waals surface area contributed by atoms with Gasteiger partial charge in [-0.2, -0.15) is 0 Å². The van der Waals surface area contributed by atoms with E-state index in [9.17, 15) is 9.90 Å². The van der Waals surface area contributed by atoms with Gasteiger partial charge in [-0.25, -0.2) is 0 Å². The highest BCUT2D eigenvalue weighted by molar-refractivity contribution is 9.10. The second-order valence-corrected chi connectivity index (χ2v) is 11.1. The Morgan fingerprint density at radius 1 is 0.800 bits per heavy atom. The van der Waals surface area contributed by atoms with Crippen LogP contribution in [0.4, 0.5) is 0 Å². The summed E-state index contributed by atoms with van der Waals surface area (Å²) in [7, 11) is 0. The lowest BCUT2D eigenvalue weighted by Crippen LogP contribution is -2.23. The van der Waals surface area contributed by atoms with Crippen molar-refractivity contribution in [1.29, 1.82) is 0 Å². The van der Waals surface area contributed by atoms with Crippen LogP contribution in [0.25, 0.3) is 21.2 Å². The third-order valence-electron chi connectivity index (χ3n) is 7.14. The predicted molar refractivity (Wildman–Crippen MR) is 149 cm³/mol. The second kappa shape index (κ2) is 9.10. The third-order valence-corrected chi connectivity index (χ3v) is 8.66. The molecule has 0 fully saturated rings. The molecule has 5 aromatic rings. The molecule has 1 aromatic heterocycles. The van der Waals surface area contributed by atoms with Crippen LogP contribution in [0, 0.1) is 0 Å². The van der Waals surface area contributed by atoms with Gasteiger partial charge in [-0.15, -0.1) is 0 Å². The Morgan fingerprint density at radius 3 is 2.23 bits per heavy atom. The van der Waals surface area contributed by atoms with Crippen LogP contribution in [-0.4, -0.2) is 5.11 Å². The third kappa shape index (κ3) is 4.11. The summed E-state index contributed by atoms with van der Waals surface area (Å²) in [5.74, 6) is 0.133. The molecule has 0 saturated carbocycles. The molecule has 0 aliphatic heterocycles. The van der Waals surface area contributed by atoms with Crippen LogP contribution in [0.2, 0.25) is 0 Å². The van der Waals surface area contributed by atoms with E-state index >= 15 is 0 Å². The lowest BCUT2D eigenvalue weighted by molar-refractivity contribution is 0.465. The largest absolute Gasteiger partial charge is 0.499 e. The SMILES string of the molecule is O=c1c([C@@H]2C[C@@H](c3ccc(-c4ccc(Br)cc4)cc3)Cc3ccccc32)c(O)sc2ccccc12. The van der Waals surface area contributed by atoms with E-state index in [-0.39, 0.29) is 22.3 Å². The van der Waals surface area contributed by atoms with E-state index in [1.807, 2.05) is 30.3 Å². The van der Waals surface area contributed by atoms with E-state index in [2.05, 4.69) is 82.7 Å². The predicted octanol–water partition coefficient (Wildman–Crippen LogP) is 8.26. The van der Waals surface area contributed by atoms with E-state index in [1.165, 1.54) is 33.6 Å². The van der Waals surface area contributed by atoms with Gasteiger partial charge in [0.15, 0.2) is 10.5 Å². The molecular weight excluding hydrogens is 516 g/mol. The molecule has 0 unspecified atom stereocenters. The van der Waals surface area contributed by atoms with Crippen molar-refractivity contribution >= 4 is 37.4 Å². The number of hydrogen-bond acceptors (Lipinski definition) is 3. The zero-order valence-electron chi connectivity index (χ0n) is 18.9. The van der Waals surface area contributed by atoms with Crippen LogP contribution in [0.3, 0.4) is 0 Å². The maximum atomic E-state index is 13.6. The quantitative estimate of drug-likeness (QED) is 0.251. The molecule has 4 heteroatoms. The summed E-state index contributed by atoms with van der Waals surface area (Å²) in [4.78, 5) is 13.6. The van der Waals surface area contributed by atoms with Crippen molar-refractivity contribution in [3.63, 3.8) is 0 Å². The molecule has 0 bridgehead atoms. The second-order valence-electron chi connectivity index (χ2n) is 9.16. The van der Waals surface area contributed by atoms with Crippen molar-refractivity contribution in [1.82, 2.24) is 0 Å². The van der Waals surface area contributed by atoms with Crippen LogP contribution in [0.15, 0.2) is 106 Å². The van der Waals surface area contributed by atoms with Crippen molar-refractivity contribution in [2.24, 2.45) is 0 Å². The van der Waals surface area contributed by atoms with Crippen LogP contribution < -0.4 is 5.43 Å². The summed E-state index contributed by atoms with van der Waals surface area (Å²) in [5, 5.41) is 11.8. The topological polar surface area (TPSA) is 37.3 Å². The lowest BCUT2D eigenvalue weighted by atomic mass is 9.72. The summed E-state index contributed by atoms with van der Waals surface area (Å²) in [6, 6.07) is 33.1. The highest BCUT2D eigenvalue weighted by Gasteiger charge is 2.32. The Bertz CT molecular complexity index is 1590. The van der Waals surface area contributed by atoms with E-state index in [0.29, 0.717) is 10.9 Å². The summed E-state index contributed by atoms with van der Waals surface area (Å²) in [5.41, 5.74) is 6.53. The zero-order chi connectivity index (χ0) is 23.9. The molecule has 1 aliphatic rings. The van der Waals surface area contributed by atoms with Crippen molar-refractivity contribution < 1.29 is 5.11 Å². The number of rotatable bonds is 3. The van der Waals surface area contributed by atoms with E-state index in [4.69, 9.17) is 0 Å². The Kier molecular flexibility index (Phi) is 5.79. The van der Waals surface area contributed by atoms with Crippen molar-refractivity contribution in [2.75, 3.05) is 0 Å². The minimum atomic E-state index is -0.135. The number of hydrogen-bond donors (Lipinski definition) is 1. The molecule has 4 aromatic carbocycles. The Morgan fingerprint density at radius 2 is 1.46 bits per heavy atom. The van der Waals surface area contributed by atoms with Gasteiger partial charge in [-0.05, 0) is 70.8 Å². The lowest BCUT2D eigenvalue weighted by Gasteiger charge is -2.32. The van der Waals surface area contributed by atoms with Crippen molar-refractivity contribution in [3.05, 3.63) is 134 Å². The standard InChI is InChI=1S/C31H23BrO2S/c32-24-15-13-20(14-16-24)19-9-11-21(12-10-19)23-17-22-5-1-2-6-25(22)27(18-23)29-30(33)26-7-3-4-8-28(26)35-31(29)34/h1-16,23,27,34H,17-18H2/t23-,27+/m0/s1. The van der Waals surface area contributed by atoms with E-state index < -0.39 is 0 Å². The monoisotopic (exact) mass is 538 g/mol. The van der Waals surface area contributed by atoms with Gasteiger partial charge in [-0.3, -0.25) is 4.79 Å². The number of aromatic hydroxyl groups is 1. The smallest absolute Gasteiger partial charge is 0.195 e. The minimum absolute atomic E-state index is 0.0529. The fourth-order valence-electron chi connectivity index (χ4n) is 5.39. The molecule has 6 rings (SSSR count). The summed E-state index contributed by atoms with van der Waals surface area (Å²) >= 11 is 4.80. The van der Waals surface area contributed by atoms with Crippen molar-refractivity contribution in [2.45, 2.75) is 24.7 Å². The van der Waals surface area contributed by atoms with Gasteiger partial charge >= 0.3 is 0 Å². The Labute approximate surface area is 216 Å². The van der Waals surface area contributed by atoms with Crippen LogP contribution >= 0.6 is 27.3 Å². The molecule has 0 saturated heterocycles. The first-order valence-corrected chi connectivity index (χ1v) is 13.4. The first kappa shape index (κ1) is 22.3. The van der Waals surface area contributed by atoms with Gasteiger partial charge in [0.25, 0.3) is 0 Å². The zero-order valence-corrected chi connectivity index (χ0v) is 21.4. The molecule has 2 nitrogen and oxygen atoms in total. The number of halogens is 1. The molecule has 0 amide bonds. The maximum Gasteiger partial charge on any atom is 0.195 e. The average molecular weight is 539 g/mol. The van der Waals surface area contributed by atoms with Crippen LogP contribution in [0.1, 0.15) is 40.5 Å². The minimum Gasteiger partial charge on any atom is -0.499 e. The Balaban J connectivity index is 1.41. The molecular formula is C31H23BrO2S. The van der Waals surface area contributed by atoms with Gasteiger partial charge in [0, 0.05) is 20.5 Å². The summed E-state index contributed by atoms with van der Waals surface area (Å²) in [6.07, 6.45) is 1.72. The molecule has 0 radical (unpaired) electrons. The molecule has 1 heterocycles. The van der Waals surface area contributed by atoms with E-state index in [1.54, 1.807) is 0 Å². The highest BCUT2D eigenvalue weighted by atomic mass is 79.9. The summed E-state index contributed by atoms with van der Waals surface area (Å²) in [6.45, 7) is 0. The fraction of sp³-hybridized carbons (Fsp3) is 0.129. The molecule has 2 atom stereocenters. The fourth-order valence-corrected chi connectivity index (χ4v) is 6.62. The first-order valence-electron chi connectivity index (χ1n) is 11.8. The highest BCUT2D eigenvalue weighted by Crippen LogP contribution is 2.46. The maximum absolute atomic E-state index is 13.6. The first-order chi connectivity index (χ1) is 17.1. The number of fused-ring (bicyclic) bond motifs is 2. The Hall–Kier alpha value is -3.21. The summed E-state index contributed by atoms with van der Waals surface area (Å²) < 4.78 is 1.89. The molecule has 172 valence electrons. The van der Waals surface area contributed by atoms with Crippen LogP contribution in [0.5, 0.6) is 5.06 Å². The number of benzene rings is 4. The van der Waals surface area contributed by atoms with Gasteiger partial charge in [0.05, 0.1) is 5.56 Å². The molecule has 1 aliphatic carbocycles.